The largest absolute Gasteiger partial charge is 0.382 e. The quantitative estimate of drug-likeness (QED) is 0.569. The highest BCUT2D eigenvalue weighted by atomic mass is 16.5. The van der Waals surface area contributed by atoms with Gasteiger partial charge in [-0.3, -0.25) is 9.69 Å². The lowest BCUT2D eigenvalue weighted by Gasteiger charge is -2.31. The third-order valence-corrected chi connectivity index (χ3v) is 2.47. The molecule has 1 fully saturated rings. The first-order valence-corrected chi connectivity index (χ1v) is 5.29. The molecule has 0 bridgehead atoms. The molecule has 81 valence electrons. The highest BCUT2D eigenvalue weighted by molar-refractivity contribution is 5.48. The van der Waals surface area contributed by atoms with E-state index in [0.717, 1.165) is 52.4 Å². The number of nitrogens with zero attached hydrogens (tertiary/aromatic N) is 2. The number of amides is 1. The molecule has 1 aliphatic heterocycles. The molecule has 0 spiro atoms. The zero-order valence-electron chi connectivity index (χ0n) is 8.87. The van der Waals surface area contributed by atoms with E-state index >= 15 is 0 Å². The lowest BCUT2D eigenvalue weighted by atomic mass is 10.3. The van der Waals surface area contributed by atoms with Gasteiger partial charge in [-0.15, -0.1) is 0 Å². The lowest BCUT2D eigenvalue weighted by molar-refractivity contribution is 0.120. The van der Waals surface area contributed by atoms with Gasteiger partial charge in [0.1, 0.15) is 0 Å². The lowest BCUT2D eigenvalue weighted by Crippen LogP contribution is -2.45. The minimum atomic E-state index is 0.799. The van der Waals surface area contributed by atoms with Gasteiger partial charge < -0.3 is 9.64 Å². The molecule has 14 heavy (non-hydrogen) atoms. The van der Waals surface area contributed by atoms with Crippen LogP contribution >= 0.6 is 0 Å². The Labute approximate surface area is 85.8 Å². The Bertz CT molecular complexity index is 156. The highest BCUT2D eigenvalue weighted by Crippen LogP contribution is 2.00. The van der Waals surface area contributed by atoms with E-state index in [0.29, 0.717) is 0 Å². The maximum Gasteiger partial charge on any atom is 0.312 e. The summed E-state index contributed by atoms with van der Waals surface area (Å²) in [5.41, 5.74) is 0. The predicted molar refractivity (Wildman–Crippen MR) is 54.8 cm³/mol. The van der Waals surface area contributed by atoms with E-state index in [1.54, 1.807) is 4.90 Å². The summed E-state index contributed by atoms with van der Waals surface area (Å²) in [4.78, 5) is 14.4. The van der Waals surface area contributed by atoms with E-state index < -0.39 is 0 Å². The van der Waals surface area contributed by atoms with Crippen LogP contribution in [0.1, 0.15) is 13.3 Å². The minimum Gasteiger partial charge on any atom is -0.382 e. The van der Waals surface area contributed by atoms with Crippen LogP contribution in [0.5, 0.6) is 0 Å². The fourth-order valence-electron chi connectivity index (χ4n) is 1.60. The third kappa shape index (κ3) is 4.07. The number of hydrogen-bond acceptors (Lipinski definition) is 3. The van der Waals surface area contributed by atoms with Crippen LogP contribution in [0.4, 0.5) is 0 Å². The standard InChI is InChI=1S/C10H19N2O2/c1-2-14-9-3-4-11-5-7-12(10-13)8-6-11/h2-9H2,1H3. The second kappa shape index (κ2) is 6.79. The van der Waals surface area contributed by atoms with E-state index in [4.69, 9.17) is 4.74 Å². The van der Waals surface area contributed by atoms with Crippen molar-refractivity contribution >= 4 is 6.41 Å². The van der Waals surface area contributed by atoms with Gasteiger partial charge in [0, 0.05) is 45.9 Å². The van der Waals surface area contributed by atoms with Crippen molar-refractivity contribution in [1.82, 2.24) is 9.80 Å². The molecule has 0 saturated carbocycles. The molecule has 1 rings (SSSR count). The molecule has 4 heteroatoms. The van der Waals surface area contributed by atoms with Crippen LogP contribution < -0.4 is 0 Å². The van der Waals surface area contributed by atoms with Crippen molar-refractivity contribution in [2.45, 2.75) is 13.3 Å². The van der Waals surface area contributed by atoms with Gasteiger partial charge in [-0.2, -0.15) is 0 Å². The molecule has 0 aromatic heterocycles. The van der Waals surface area contributed by atoms with E-state index in [2.05, 4.69) is 4.90 Å². The minimum absolute atomic E-state index is 0.799. The van der Waals surface area contributed by atoms with Gasteiger partial charge >= 0.3 is 6.41 Å². The first kappa shape index (κ1) is 11.5. The number of ether oxygens (including phenoxy) is 1. The summed E-state index contributed by atoms with van der Waals surface area (Å²) in [6.45, 7) is 8.31. The summed E-state index contributed by atoms with van der Waals surface area (Å²) in [7, 11) is 0. The van der Waals surface area contributed by atoms with Gasteiger partial charge in [-0.1, -0.05) is 0 Å². The van der Waals surface area contributed by atoms with Crippen molar-refractivity contribution in [2.24, 2.45) is 0 Å². The number of piperazine rings is 1. The Morgan fingerprint density at radius 3 is 2.57 bits per heavy atom. The Balaban J connectivity index is 2.01. The molecule has 4 nitrogen and oxygen atoms in total. The summed E-state index contributed by atoms with van der Waals surface area (Å²) in [5, 5.41) is 0. The molecule has 1 radical (unpaired) electrons. The van der Waals surface area contributed by atoms with Crippen molar-refractivity contribution < 1.29 is 9.53 Å². The molecule has 1 amide bonds. The average molecular weight is 199 g/mol. The molecular formula is C10H19N2O2. The molecule has 0 N–H and O–H groups in total. The topological polar surface area (TPSA) is 32.8 Å². The number of hydrogen-bond donors (Lipinski definition) is 0. The van der Waals surface area contributed by atoms with Gasteiger partial charge in [0.25, 0.3) is 0 Å². The number of rotatable bonds is 6. The molecule has 0 aromatic rings. The summed E-state index contributed by atoms with van der Waals surface area (Å²) < 4.78 is 5.27. The molecule has 0 aromatic carbocycles. The second-order valence-corrected chi connectivity index (χ2v) is 3.47. The van der Waals surface area contributed by atoms with Crippen LogP contribution in [-0.4, -0.2) is 62.1 Å². The van der Waals surface area contributed by atoms with E-state index in [-0.39, 0.29) is 0 Å². The fraction of sp³-hybridized carbons (Fsp3) is 0.900. The van der Waals surface area contributed by atoms with Crippen molar-refractivity contribution in [3.63, 3.8) is 0 Å². The summed E-state index contributed by atoms with van der Waals surface area (Å²) in [6.07, 6.45) is 3.01. The first-order chi connectivity index (χ1) is 6.86. The van der Waals surface area contributed by atoms with Crippen molar-refractivity contribution in [2.75, 3.05) is 45.9 Å². The second-order valence-electron chi connectivity index (χ2n) is 3.47. The Morgan fingerprint density at radius 1 is 1.29 bits per heavy atom. The van der Waals surface area contributed by atoms with E-state index in [1.165, 1.54) is 0 Å². The molecular weight excluding hydrogens is 180 g/mol. The van der Waals surface area contributed by atoms with Gasteiger partial charge in [0.05, 0.1) is 0 Å². The van der Waals surface area contributed by atoms with Crippen LogP contribution in [0.25, 0.3) is 0 Å². The monoisotopic (exact) mass is 199 g/mol. The number of carbonyl (C=O) groups excluding carboxylic acids is 1. The molecule has 0 unspecified atom stereocenters. The van der Waals surface area contributed by atoms with Crippen LogP contribution in [0.3, 0.4) is 0 Å². The Kier molecular flexibility index (Phi) is 5.56. The normalized spacial score (nSPS) is 18.5. The summed E-state index contributed by atoms with van der Waals surface area (Å²) >= 11 is 0. The van der Waals surface area contributed by atoms with Crippen molar-refractivity contribution in [1.29, 1.82) is 0 Å². The maximum absolute atomic E-state index is 10.3. The van der Waals surface area contributed by atoms with E-state index in [9.17, 15) is 4.79 Å². The fourth-order valence-corrected chi connectivity index (χ4v) is 1.60. The van der Waals surface area contributed by atoms with Crippen LogP contribution in [0, 0.1) is 0 Å². The maximum atomic E-state index is 10.3. The molecule has 0 aliphatic carbocycles. The molecule has 1 aliphatic rings. The summed E-state index contributed by atoms with van der Waals surface area (Å²) in [6, 6.07) is 0. The summed E-state index contributed by atoms with van der Waals surface area (Å²) in [5.74, 6) is 0. The van der Waals surface area contributed by atoms with Gasteiger partial charge in [0.15, 0.2) is 0 Å². The Hall–Kier alpha value is -0.610. The van der Waals surface area contributed by atoms with Crippen molar-refractivity contribution in [3.8, 4) is 0 Å². The van der Waals surface area contributed by atoms with Crippen LogP contribution in [0.15, 0.2) is 0 Å². The van der Waals surface area contributed by atoms with Gasteiger partial charge in [-0.05, 0) is 13.3 Å². The molecule has 0 atom stereocenters. The van der Waals surface area contributed by atoms with Gasteiger partial charge in [-0.25, -0.2) is 0 Å². The van der Waals surface area contributed by atoms with Crippen LogP contribution in [0.2, 0.25) is 0 Å². The first-order valence-electron chi connectivity index (χ1n) is 5.29. The van der Waals surface area contributed by atoms with Crippen LogP contribution in [-0.2, 0) is 9.53 Å². The SMILES string of the molecule is CCOCCCN1CCN([C]=O)CC1. The average Bonchev–Trinajstić information content (AvgIpc) is 2.25. The predicted octanol–water partition coefficient (Wildman–Crippen LogP) is 0.0978. The van der Waals surface area contributed by atoms with Gasteiger partial charge in [0.2, 0.25) is 0 Å². The molecule has 1 heterocycles. The smallest absolute Gasteiger partial charge is 0.312 e. The molecule has 1 saturated heterocycles. The van der Waals surface area contributed by atoms with Crippen molar-refractivity contribution in [3.05, 3.63) is 0 Å². The zero-order chi connectivity index (χ0) is 10.2. The highest BCUT2D eigenvalue weighted by Gasteiger charge is 2.14. The zero-order valence-corrected chi connectivity index (χ0v) is 8.87. The third-order valence-electron chi connectivity index (χ3n) is 2.47. The van der Waals surface area contributed by atoms with E-state index in [1.807, 2.05) is 13.3 Å². The Morgan fingerprint density at radius 2 is 2.00 bits per heavy atom.